The largest absolute Gasteiger partial charge is 0.326 e. The summed E-state index contributed by atoms with van der Waals surface area (Å²) in [5.74, 6) is 0. The van der Waals surface area contributed by atoms with Crippen LogP contribution in [0.15, 0.2) is 47.8 Å². The Hall–Kier alpha value is -1.16. The van der Waals surface area contributed by atoms with Crippen LogP contribution in [0.4, 0.5) is 0 Å². The van der Waals surface area contributed by atoms with Gasteiger partial charge in [0.25, 0.3) is 0 Å². The Kier molecular flexibility index (Phi) is 5.14. The Labute approximate surface area is 119 Å². The number of nitrogens with zero attached hydrogens (tertiary/aromatic N) is 1. The average molecular weight is 274 g/mol. The molecule has 2 atom stereocenters. The molecule has 0 aliphatic heterocycles. The first kappa shape index (κ1) is 14.3. The Bertz CT molecular complexity index is 467. The van der Waals surface area contributed by atoms with Crippen molar-refractivity contribution in [3.05, 3.63) is 58.3 Å². The van der Waals surface area contributed by atoms with Gasteiger partial charge >= 0.3 is 0 Å². The van der Waals surface area contributed by atoms with E-state index in [4.69, 9.17) is 5.73 Å². The lowest BCUT2D eigenvalue weighted by atomic mass is 10.1. The van der Waals surface area contributed by atoms with E-state index in [0.29, 0.717) is 6.04 Å². The molecular formula is C16H22N2S. The minimum atomic E-state index is 0.176. The Morgan fingerprint density at radius 1 is 1.16 bits per heavy atom. The maximum absolute atomic E-state index is 6.26. The van der Waals surface area contributed by atoms with Gasteiger partial charge in [-0.1, -0.05) is 36.4 Å². The summed E-state index contributed by atoms with van der Waals surface area (Å²) in [6.07, 6.45) is 0.933. The highest BCUT2D eigenvalue weighted by molar-refractivity contribution is 7.10. The molecule has 0 fully saturated rings. The van der Waals surface area contributed by atoms with Crippen LogP contribution < -0.4 is 5.73 Å². The predicted octanol–water partition coefficient (Wildman–Crippen LogP) is 3.31. The van der Waals surface area contributed by atoms with Gasteiger partial charge in [-0.05, 0) is 37.4 Å². The minimum absolute atomic E-state index is 0.176. The second kappa shape index (κ2) is 6.85. The fraction of sp³-hybridized carbons (Fsp3) is 0.375. The highest BCUT2D eigenvalue weighted by Crippen LogP contribution is 2.23. The van der Waals surface area contributed by atoms with Crippen LogP contribution in [0.2, 0.25) is 0 Å². The van der Waals surface area contributed by atoms with Gasteiger partial charge in [0.1, 0.15) is 0 Å². The van der Waals surface area contributed by atoms with Gasteiger partial charge in [-0.3, -0.25) is 4.90 Å². The molecule has 1 aromatic heterocycles. The van der Waals surface area contributed by atoms with Crippen molar-refractivity contribution in [2.45, 2.75) is 25.4 Å². The highest BCUT2D eigenvalue weighted by atomic mass is 32.1. The summed E-state index contributed by atoms with van der Waals surface area (Å²) < 4.78 is 0. The molecule has 2 N–H and O–H groups in total. The topological polar surface area (TPSA) is 29.3 Å². The number of likely N-dealkylation sites (N-methyl/N-ethyl adjacent to an activating group) is 1. The van der Waals surface area contributed by atoms with E-state index < -0.39 is 0 Å². The summed E-state index contributed by atoms with van der Waals surface area (Å²) in [4.78, 5) is 3.73. The van der Waals surface area contributed by atoms with Gasteiger partial charge < -0.3 is 5.73 Å². The van der Waals surface area contributed by atoms with Crippen molar-refractivity contribution in [3.8, 4) is 0 Å². The number of nitrogens with two attached hydrogens (primary N) is 1. The number of rotatable bonds is 6. The molecule has 0 saturated heterocycles. The van der Waals surface area contributed by atoms with Gasteiger partial charge in [0.2, 0.25) is 0 Å². The third kappa shape index (κ3) is 4.16. The summed E-state index contributed by atoms with van der Waals surface area (Å²) in [7, 11) is 2.15. The number of benzene rings is 1. The predicted molar refractivity (Wildman–Crippen MR) is 83.5 cm³/mol. The molecule has 102 valence electrons. The van der Waals surface area contributed by atoms with E-state index in [1.807, 2.05) is 17.4 Å². The smallest absolute Gasteiger partial charge is 0.0410 e. The maximum atomic E-state index is 6.26. The van der Waals surface area contributed by atoms with Crippen LogP contribution in [-0.2, 0) is 6.42 Å². The van der Waals surface area contributed by atoms with Gasteiger partial charge in [0.15, 0.2) is 0 Å². The molecule has 0 spiro atoms. The normalized spacial score (nSPS) is 14.5. The third-order valence-corrected chi connectivity index (χ3v) is 4.52. The molecular weight excluding hydrogens is 252 g/mol. The lowest BCUT2D eigenvalue weighted by Gasteiger charge is -2.26. The molecule has 1 aromatic carbocycles. The van der Waals surface area contributed by atoms with Gasteiger partial charge in [0, 0.05) is 23.5 Å². The molecule has 0 radical (unpaired) electrons. The molecule has 2 nitrogen and oxygen atoms in total. The summed E-state index contributed by atoms with van der Waals surface area (Å²) in [6.45, 7) is 3.15. The van der Waals surface area contributed by atoms with Crippen molar-refractivity contribution in [3.63, 3.8) is 0 Å². The minimum Gasteiger partial charge on any atom is -0.326 e. The van der Waals surface area contributed by atoms with Crippen LogP contribution in [0, 0.1) is 0 Å². The van der Waals surface area contributed by atoms with Gasteiger partial charge in [-0.2, -0.15) is 0 Å². The Morgan fingerprint density at radius 2 is 1.89 bits per heavy atom. The van der Waals surface area contributed by atoms with Crippen LogP contribution in [-0.4, -0.2) is 24.5 Å². The van der Waals surface area contributed by atoms with Crippen molar-refractivity contribution in [2.24, 2.45) is 5.73 Å². The molecule has 2 aromatic rings. The zero-order valence-electron chi connectivity index (χ0n) is 11.6. The van der Waals surface area contributed by atoms with Gasteiger partial charge in [0.05, 0.1) is 0 Å². The zero-order valence-corrected chi connectivity index (χ0v) is 12.4. The zero-order chi connectivity index (χ0) is 13.7. The molecule has 0 saturated carbocycles. The van der Waals surface area contributed by atoms with Crippen molar-refractivity contribution in [2.75, 3.05) is 13.6 Å². The molecule has 3 heteroatoms. The molecule has 0 bridgehead atoms. The molecule has 0 aliphatic rings. The molecule has 19 heavy (non-hydrogen) atoms. The van der Waals surface area contributed by atoms with E-state index in [-0.39, 0.29) is 6.04 Å². The summed E-state index contributed by atoms with van der Waals surface area (Å²) in [6, 6.07) is 15.4. The maximum Gasteiger partial charge on any atom is 0.0410 e. The average Bonchev–Trinajstić information content (AvgIpc) is 2.92. The first-order valence-electron chi connectivity index (χ1n) is 6.70. The third-order valence-electron chi connectivity index (χ3n) is 3.48. The lowest BCUT2D eigenvalue weighted by molar-refractivity contribution is 0.247. The van der Waals surface area contributed by atoms with Crippen LogP contribution >= 0.6 is 11.3 Å². The fourth-order valence-corrected chi connectivity index (χ4v) is 3.10. The van der Waals surface area contributed by atoms with E-state index >= 15 is 0 Å². The standard InChI is InChI=1S/C16H22N2S/c1-13(16-9-6-10-19-16)18(2)12-15(17)11-14-7-4-3-5-8-14/h3-10,13,15H,11-12,17H2,1-2H3. The lowest BCUT2D eigenvalue weighted by Crippen LogP contribution is -2.37. The van der Waals surface area contributed by atoms with Gasteiger partial charge in [-0.25, -0.2) is 0 Å². The number of hydrogen-bond donors (Lipinski definition) is 1. The van der Waals surface area contributed by atoms with Crippen molar-refractivity contribution in [1.82, 2.24) is 4.90 Å². The van der Waals surface area contributed by atoms with E-state index in [1.54, 1.807) is 0 Å². The molecule has 1 heterocycles. The first-order chi connectivity index (χ1) is 9.16. The first-order valence-corrected chi connectivity index (χ1v) is 7.58. The fourth-order valence-electron chi connectivity index (χ4n) is 2.26. The van der Waals surface area contributed by atoms with Crippen LogP contribution in [0.25, 0.3) is 0 Å². The number of hydrogen-bond acceptors (Lipinski definition) is 3. The van der Waals surface area contributed by atoms with Crippen molar-refractivity contribution >= 4 is 11.3 Å². The quantitative estimate of drug-likeness (QED) is 0.875. The summed E-state index contributed by atoms with van der Waals surface area (Å²) >= 11 is 1.81. The molecule has 2 unspecified atom stereocenters. The van der Waals surface area contributed by atoms with E-state index in [0.717, 1.165) is 13.0 Å². The number of thiophene rings is 1. The molecule has 0 amide bonds. The van der Waals surface area contributed by atoms with E-state index in [9.17, 15) is 0 Å². The second-order valence-corrected chi connectivity index (χ2v) is 6.06. The van der Waals surface area contributed by atoms with Crippen LogP contribution in [0.3, 0.4) is 0 Å². The van der Waals surface area contributed by atoms with Crippen LogP contribution in [0.5, 0.6) is 0 Å². The SMILES string of the molecule is CC(c1cccs1)N(C)CC(N)Cc1ccccc1. The molecule has 2 rings (SSSR count). The van der Waals surface area contributed by atoms with Crippen molar-refractivity contribution in [1.29, 1.82) is 0 Å². The summed E-state index contributed by atoms with van der Waals surface area (Å²) in [5.41, 5.74) is 7.57. The van der Waals surface area contributed by atoms with E-state index in [1.165, 1.54) is 10.4 Å². The monoisotopic (exact) mass is 274 g/mol. The Morgan fingerprint density at radius 3 is 2.53 bits per heavy atom. The van der Waals surface area contributed by atoms with Crippen LogP contribution in [0.1, 0.15) is 23.4 Å². The summed E-state index contributed by atoms with van der Waals surface area (Å²) in [5, 5.41) is 2.13. The highest BCUT2D eigenvalue weighted by Gasteiger charge is 2.15. The Balaban J connectivity index is 1.86. The van der Waals surface area contributed by atoms with Gasteiger partial charge in [-0.15, -0.1) is 11.3 Å². The molecule has 0 aliphatic carbocycles. The van der Waals surface area contributed by atoms with Crippen molar-refractivity contribution < 1.29 is 0 Å². The second-order valence-electron chi connectivity index (χ2n) is 5.08. The van der Waals surface area contributed by atoms with E-state index in [2.05, 4.69) is 60.6 Å².